The number of likely N-dealkylation sites (tertiary alicyclic amines) is 1. The van der Waals surface area contributed by atoms with Gasteiger partial charge in [-0.3, -0.25) is 0 Å². The van der Waals surface area contributed by atoms with E-state index in [1.807, 2.05) is 24.3 Å². The summed E-state index contributed by atoms with van der Waals surface area (Å²) in [6.07, 6.45) is 2.31. The van der Waals surface area contributed by atoms with Gasteiger partial charge in [0, 0.05) is 30.9 Å². The maximum Gasteiger partial charge on any atom is 0.0991 e. The highest BCUT2D eigenvalue weighted by molar-refractivity contribution is 5.49. The Morgan fingerprint density at radius 3 is 2.35 bits per heavy atom. The second-order valence-electron chi connectivity index (χ2n) is 6.36. The Kier molecular flexibility index (Phi) is 4.67. The maximum absolute atomic E-state index is 8.82. The lowest BCUT2D eigenvalue weighted by Crippen LogP contribution is -2.47. The number of rotatable bonds is 4. The topological polar surface area (TPSA) is 39.1 Å². The summed E-state index contributed by atoms with van der Waals surface area (Å²) in [5.41, 5.74) is 1.98. The molecule has 0 atom stereocenters. The van der Waals surface area contributed by atoms with E-state index < -0.39 is 0 Å². The van der Waals surface area contributed by atoms with E-state index in [0.29, 0.717) is 5.56 Å². The van der Waals surface area contributed by atoms with Crippen molar-refractivity contribution in [2.45, 2.75) is 39.2 Å². The van der Waals surface area contributed by atoms with Crippen molar-refractivity contribution in [3.63, 3.8) is 0 Å². The zero-order chi connectivity index (χ0) is 14.6. The van der Waals surface area contributed by atoms with E-state index >= 15 is 0 Å². The summed E-state index contributed by atoms with van der Waals surface area (Å²) in [5, 5.41) is 12.5. The van der Waals surface area contributed by atoms with Gasteiger partial charge < -0.3 is 10.2 Å². The number of nitriles is 1. The van der Waals surface area contributed by atoms with Crippen LogP contribution in [0.5, 0.6) is 0 Å². The van der Waals surface area contributed by atoms with Gasteiger partial charge >= 0.3 is 0 Å². The van der Waals surface area contributed by atoms with Crippen molar-refractivity contribution in [1.29, 1.82) is 5.26 Å². The highest BCUT2D eigenvalue weighted by Crippen LogP contribution is 2.27. The molecular formula is C17H24N3. The summed E-state index contributed by atoms with van der Waals surface area (Å²) in [6, 6.07) is 9.90. The van der Waals surface area contributed by atoms with Gasteiger partial charge in [-0.25, -0.2) is 0 Å². The van der Waals surface area contributed by atoms with Gasteiger partial charge in [-0.2, -0.15) is 5.26 Å². The molecule has 0 saturated carbocycles. The van der Waals surface area contributed by atoms with Crippen LogP contribution in [0.2, 0.25) is 0 Å². The maximum atomic E-state index is 8.82. The van der Waals surface area contributed by atoms with E-state index in [2.05, 4.69) is 37.1 Å². The first-order valence-electron chi connectivity index (χ1n) is 7.30. The molecule has 1 aliphatic heterocycles. The standard InChI is InChI=1S/C17H24N3/c1-14(2)13-20-10-8-17(3,9-11-20)19-16-6-4-15(12-18)5-7-16/h4-7,19H,8-11,13H2,1-3H3. The Bertz CT molecular complexity index is 462. The summed E-state index contributed by atoms with van der Waals surface area (Å²) < 4.78 is 0. The normalized spacial score (nSPS) is 18.8. The predicted molar refractivity (Wildman–Crippen MR) is 83.4 cm³/mol. The lowest BCUT2D eigenvalue weighted by molar-refractivity contribution is 0.188. The Hall–Kier alpha value is -1.53. The zero-order valence-corrected chi connectivity index (χ0v) is 12.7. The summed E-state index contributed by atoms with van der Waals surface area (Å²) >= 11 is 0. The molecule has 0 bridgehead atoms. The van der Waals surface area contributed by atoms with Crippen molar-refractivity contribution in [3.8, 4) is 6.07 Å². The molecule has 1 saturated heterocycles. The van der Waals surface area contributed by atoms with E-state index in [1.54, 1.807) is 0 Å². The van der Waals surface area contributed by atoms with Gasteiger partial charge in [0.1, 0.15) is 0 Å². The second-order valence-corrected chi connectivity index (χ2v) is 6.36. The van der Waals surface area contributed by atoms with Crippen LogP contribution in [0.4, 0.5) is 5.69 Å². The molecule has 20 heavy (non-hydrogen) atoms. The van der Waals surface area contributed by atoms with Crippen molar-refractivity contribution in [2.75, 3.05) is 25.0 Å². The first kappa shape index (κ1) is 14.9. The van der Waals surface area contributed by atoms with Crippen LogP contribution in [0, 0.1) is 17.2 Å². The molecule has 1 heterocycles. The van der Waals surface area contributed by atoms with Crippen molar-refractivity contribution in [1.82, 2.24) is 4.90 Å². The molecule has 0 unspecified atom stereocenters. The van der Waals surface area contributed by atoms with E-state index in [1.165, 1.54) is 5.92 Å². The van der Waals surface area contributed by atoms with Gasteiger partial charge in [0.2, 0.25) is 0 Å². The fourth-order valence-electron chi connectivity index (χ4n) is 2.75. The largest absolute Gasteiger partial charge is 0.380 e. The highest BCUT2D eigenvalue weighted by atomic mass is 15.2. The van der Waals surface area contributed by atoms with Gasteiger partial charge in [0.15, 0.2) is 0 Å². The molecule has 2 rings (SSSR count). The summed E-state index contributed by atoms with van der Waals surface area (Å²) in [7, 11) is 0. The third kappa shape index (κ3) is 3.98. The van der Waals surface area contributed by atoms with Gasteiger partial charge in [-0.15, -0.1) is 0 Å². The van der Waals surface area contributed by atoms with Crippen LogP contribution < -0.4 is 5.32 Å². The average molecular weight is 270 g/mol. The Morgan fingerprint density at radius 1 is 1.25 bits per heavy atom. The molecule has 1 aromatic rings. The molecule has 3 nitrogen and oxygen atoms in total. The van der Waals surface area contributed by atoms with Gasteiger partial charge in [-0.05, 0) is 49.9 Å². The molecule has 3 heteroatoms. The van der Waals surface area contributed by atoms with Crippen LogP contribution in [-0.4, -0.2) is 30.1 Å². The SMILES string of the molecule is C[C](C)CN1CCC(C)(Nc2ccc(C#N)cc2)CC1. The third-order valence-electron chi connectivity index (χ3n) is 3.96. The quantitative estimate of drug-likeness (QED) is 0.911. The molecule has 0 amide bonds. The predicted octanol–water partition coefficient (Wildman–Crippen LogP) is 3.44. The molecule has 0 spiro atoms. The van der Waals surface area contributed by atoms with Crippen LogP contribution in [-0.2, 0) is 0 Å². The molecule has 1 aromatic carbocycles. The molecule has 1 N–H and O–H groups in total. The van der Waals surface area contributed by atoms with Crippen molar-refractivity contribution in [3.05, 3.63) is 35.7 Å². The van der Waals surface area contributed by atoms with E-state index in [4.69, 9.17) is 5.26 Å². The fraction of sp³-hybridized carbons (Fsp3) is 0.529. The molecule has 0 aliphatic carbocycles. The first-order valence-corrected chi connectivity index (χ1v) is 7.30. The minimum Gasteiger partial charge on any atom is -0.380 e. The summed E-state index contributed by atoms with van der Waals surface area (Å²) in [5.74, 6) is 1.48. The number of hydrogen-bond acceptors (Lipinski definition) is 3. The number of nitrogens with zero attached hydrogens (tertiary/aromatic N) is 2. The smallest absolute Gasteiger partial charge is 0.0991 e. The number of benzene rings is 1. The Labute approximate surface area is 122 Å². The zero-order valence-electron chi connectivity index (χ0n) is 12.7. The average Bonchev–Trinajstić information content (AvgIpc) is 2.42. The van der Waals surface area contributed by atoms with E-state index in [9.17, 15) is 0 Å². The minimum atomic E-state index is 0.159. The monoisotopic (exact) mass is 270 g/mol. The van der Waals surface area contributed by atoms with Crippen molar-refractivity contribution < 1.29 is 0 Å². The Morgan fingerprint density at radius 2 is 1.85 bits per heavy atom. The molecule has 107 valence electrons. The van der Waals surface area contributed by atoms with Crippen LogP contribution in [0.1, 0.15) is 39.2 Å². The molecular weight excluding hydrogens is 246 g/mol. The number of nitrogens with one attached hydrogen (secondary N) is 1. The van der Waals surface area contributed by atoms with E-state index in [-0.39, 0.29) is 5.54 Å². The van der Waals surface area contributed by atoms with Crippen molar-refractivity contribution >= 4 is 5.69 Å². The van der Waals surface area contributed by atoms with Crippen LogP contribution in [0.15, 0.2) is 24.3 Å². The molecule has 1 fully saturated rings. The lowest BCUT2D eigenvalue weighted by Gasteiger charge is -2.41. The highest BCUT2D eigenvalue weighted by Gasteiger charge is 2.29. The van der Waals surface area contributed by atoms with Crippen LogP contribution >= 0.6 is 0 Å². The lowest BCUT2D eigenvalue weighted by atomic mass is 9.89. The number of piperidine rings is 1. The Balaban J connectivity index is 1.91. The van der Waals surface area contributed by atoms with Crippen molar-refractivity contribution in [2.24, 2.45) is 0 Å². The molecule has 1 aliphatic rings. The fourth-order valence-corrected chi connectivity index (χ4v) is 2.75. The van der Waals surface area contributed by atoms with Crippen LogP contribution in [0.25, 0.3) is 0 Å². The molecule has 1 radical (unpaired) electrons. The number of anilines is 1. The summed E-state index contributed by atoms with van der Waals surface area (Å²) in [4.78, 5) is 2.53. The first-order chi connectivity index (χ1) is 9.50. The van der Waals surface area contributed by atoms with Gasteiger partial charge in [-0.1, -0.05) is 13.8 Å². The van der Waals surface area contributed by atoms with Gasteiger partial charge in [0.25, 0.3) is 0 Å². The second kappa shape index (κ2) is 6.28. The van der Waals surface area contributed by atoms with Crippen LogP contribution in [0.3, 0.4) is 0 Å². The summed E-state index contributed by atoms with van der Waals surface area (Å²) in [6.45, 7) is 10.1. The minimum absolute atomic E-state index is 0.159. The number of hydrogen-bond donors (Lipinski definition) is 1. The molecule has 0 aromatic heterocycles. The van der Waals surface area contributed by atoms with Gasteiger partial charge in [0.05, 0.1) is 11.6 Å². The third-order valence-corrected chi connectivity index (χ3v) is 3.96. The van der Waals surface area contributed by atoms with E-state index in [0.717, 1.165) is 38.2 Å².